The third-order valence-corrected chi connectivity index (χ3v) is 4.16. The van der Waals surface area contributed by atoms with Gasteiger partial charge in [0.2, 0.25) is 0 Å². The second kappa shape index (κ2) is 6.94. The normalized spacial score (nSPS) is 15.0. The van der Waals surface area contributed by atoms with Crippen LogP contribution in [0.4, 0.5) is 10.5 Å². The lowest BCUT2D eigenvalue weighted by Crippen LogP contribution is -2.59. The van der Waals surface area contributed by atoms with E-state index in [1.54, 1.807) is 38.4 Å². The number of urea groups is 1. The molecule has 2 aromatic carbocycles. The number of anilines is 1. The van der Waals surface area contributed by atoms with E-state index < -0.39 is 5.54 Å². The molecule has 0 bridgehead atoms. The first-order valence-corrected chi connectivity index (χ1v) is 8.04. The number of benzene rings is 2. The van der Waals surface area contributed by atoms with E-state index in [1.165, 1.54) is 4.90 Å². The molecular weight excluding hydrogens is 318 g/mol. The van der Waals surface area contributed by atoms with E-state index in [9.17, 15) is 9.59 Å². The molecule has 1 aliphatic heterocycles. The van der Waals surface area contributed by atoms with E-state index >= 15 is 0 Å². The number of rotatable bonds is 4. The van der Waals surface area contributed by atoms with E-state index in [-0.39, 0.29) is 11.9 Å². The number of nitrogens with one attached hydrogen (secondary N) is 2. The van der Waals surface area contributed by atoms with Crippen LogP contribution in [0.15, 0.2) is 54.6 Å². The number of hydrogen-bond acceptors (Lipinski definition) is 3. The molecule has 3 rings (SSSR count). The Hall–Kier alpha value is -2.86. The molecule has 0 atom stereocenters. The Morgan fingerprint density at radius 1 is 1.04 bits per heavy atom. The second-order valence-corrected chi connectivity index (χ2v) is 6.30. The van der Waals surface area contributed by atoms with Crippen molar-refractivity contribution >= 4 is 17.6 Å². The molecule has 1 fully saturated rings. The largest absolute Gasteiger partial charge is 0.376 e. The van der Waals surface area contributed by atoms with Crippen molar-refractivity contribution in [1.29, 1.82) is 0 Å². The predicted molar refractivity (Wildman–Crippen MR) is 95.6 cm³/mol. The van der Waals surface area contributed by atoms with Crippen LogP contribution in [0.2, 0.25) is 0 Å². The quantitative estimate of drug-likeness (QED) is 0.899. The van der Waals surface area contributed by atoms with Crippen LogP contribution >= 0.6 is 0 Å². The van der Waals surface area contributed by atoms with Crippen molar-refractivity contribution in [2.45, 2.75) is 5.54 Å². The van der Waals surface area contributed by atoms with Gasteiger partial charge in [-0.05, 0) is 23.8 Å². The van der Waals surface area contributed by atoms with Crippen molar-refractivity contribution in [1.82, 2.24) is 10.2 Å². The van der Waals surface area contributed by atoms with E-state index in [4.69, 9.17) is 4.74 Å². The minimum Gasteiger partial charge on any atom is -0.376 e. The standard InChI is InChI=1S/C19H21N3O3/c1-22(2)18(24)20-16-10-6-7-14(11-16)17(23)21-19(12-25-13-19)15-8-4-3-5-9-15/h3-11H,12-13H2,1-2H3,(H,20,24)(H,21,23). The van der Waals surface area contributed by atoms with Crippen LogP contribution in [0, 0.1) is 0 Å². The zero-order valence-electron chi connectivity index (χ0n) is 14.3. The Balaban J connectivity index is 1.76. The van der Waals surface area contributed by atoms with Gasteiger partial charge >= 0.3 is 6.03 Å². The maximum atomic E-state index is 12.7. The monoisotopic (exact) mass is 339 g/mol. The zero-order valence-corrected chi connectivity index (χ0v) is 14.3. The van der Waals surface area contributed by atoms with Crippen molar-refractivity contribution in [3.63, 3.8) is 0 Å². The minimum absolute atomic E-state index is 0.201. The fourth-order valence-electron chi connectivity index (χ4n) is 2.64. The lowest BCUT2D eigenvalue weighted by Gasteiger charge is -2.42. The Morgan fingerprint density at radius 3 is 2.36 bits per heavy atom. The summed E-state index contributed by atoms with van der Waals surface area (Å²) in [4.78, 5) is 25.9. The summed E-state index contributed by atoms with van der Waals surface area (Å²) in [6.07, 6.45) is 0. The molecular formula is C19H21N3O3. The van der Waals surface area contributed by atoms with Gasteiger partial charge in [0.1, 0.15) is 5.54 Å². The Labute approximate surface area is 146 Å². The number of nitrogens with zero attached hydrogens (tertiary/aromatic N) is 1. The number of carbonyl (C=O) groups excluding carboxylic acids is 2. The highest BCUT2D eigenvalue weighted by Gasteiger charge is 2.41. The molecule has 0 unspecified atom stereocenters. The van der Waals surface area contributed by atoms with Gasteiger partial charge in [0.25, 0.3) is 5.91 Å². The van der Waals surface area contributed by atoms with Crippen LogP contribution in [0.25, 0.3) is 0 Å². The molecule has 0 radical (unpaired) electrons. The summed E-state index contributed by atoms with van der Waals surface area (Å²) >= 11 is 0. The summed E-state index contributed by atoms with van der Waals surface area (Å²) in [5.74, 6) is -0.201. The van der Waals surface area contributed by atoms with Crippen molar-refractivity contribution in [3.8, 4) is 0 Å². The lowest BCUT2D eigenvalue weighted by molar-refractivity contribution is -0.0733. The van der Waals surface area contributed by atoms with E-state index in [1.807, 2.05) is 30.3 Å². The third kappa shape index (κ3) is 3.64. The fraction of sp³-hybridized carbons (Fsp3) is 0.263. The molecule has 0 saturated carbocycles. The van der Waals surface area contributed by atoms with E-state index in [2.05, 4.69) is 10.6 Å². The number of amides is 3. The smallest absolute Gasteiger partial charge is 0.321 e. The van der Waals surface area contributed by atoms with Gasteiger partial charge < -0.3 is 20.3 Å². The lowest BCUT2D eigenvalue weighted by atomic mass is 9.87. The molecule has 3 amide bonds. The predicted octanol–water partition coefficient (Wildman–Crippen LogP) is 2.44. The molecule has 130 valence electrons. The first-order chi connectivity index (χ1) is 12.0. The summed E-state index contributed by atoms with van der Waals surface area (Å²) in [7, 11) is 3.32. The fourth-order valence-corrected chi connectivity index (χ4v) is 2.64. The Morgan fingerprint density at radius 2 is 1.76 bits per heavy atom. The highest BCUT2D eigenvalue weighted by atomic mass is 16.5. The van der Waals surface area contributed by atoms with Crippen LogP contribution in [-0.2, 0) is 10.3 Å². The second-order valence-electron chi connectivity index (χ2n) is 6.30. The number of carbonyl (C=O) groups is 2. The Kier molecular flexibility index (Phi) is 4.72. The highest BCUT2D eigenvalue weighted by Crippen LogP contribution is 2.30. The van der Waals surface area contributed by atoms with Gasteiger partial charge in [0, 0.05) is 25.3 Å². The summed E-state index contributed by atoms with van der Waals surface area (Å²) in [5.41, 5.74) is 1.58. The van der Waals surface area contributed by atoms with Gasteiger partial charge in [0.15, 0.2) is 0 Å². The molecule has 0 spiro atoms. The van der Waals surface area contributed by atoms with Gasteiger partial charge in [0.05, 0.1) is 13.2 Å². The van der Waals surface area contributed by atoms with Gasteiger partial charge in [-0.25, -0.2) is 4.79 Å². The molecule has 1 saturated heterocycles. The van der Waals surface area contributed by atoms with Gasteiger partial charge in [-0.3, -0.25) is 4.79 Å². The third-order valence-electron chi connectivity index (χ3n) is 4.16. The van der Waals surface area contributed by atoms with E-state index in [0.29, 0.717) is 24.5 Å². The number of hydrogen-bond donors (Lipinski definition) is 2. The van der Waals surface area contributed by atoms with Crippen LogP contribution < -0.4 is 10.6 Å². The SMILES string of the molecule is CN(C)C(=O)Nc1cccc(C(=O)NC2(c3ccccc3)COC2)c1. The maximum absolute atomic E-state index is 12.7. The van der Waals surface area contributed by atoms with Crippen molar-refractivity contribution in [3.05, 3.63) is 65.7 Å². The highest BCUT2D eigenvalue weighted by molar-refractivity contribution is 5.97. The van der Waals surface area contributed by atoms with E-state index in [0.717, 1.165) is 5.56 Å². The summed E-state index contributed by atoms with van der Waals surface area (Å²) in [5, 5.41) is 5.82. The minimum atomic E-state index is -0.499. The first kappa shape index (κ1) is 17.0. The topological polar surface area (TPSA) is 70.7 Å². The molecule has 2 aromatic rings. The van der Waals surface area contributed by atoms with Gasteiger partial charge in [-0.1, -0.05) is 36.4 Å². The number of ether oxygens (including phenoxy) is 1. The summed E-state index contributed by atoms with van der Waals surface area (Å²) in [6.45, 7) is 0.889. The molecule has 6 nitrogen and oxygen atoms in total. The van der Waals surface area contributed by atoms with Crippen LogP contribution in [0.1, 0.15) is 15.9 Å². The molecule has 1 aliphatic rings. The maximum Gasteiger partial charge on any atom is 0.321 e. The van der Waals surface area contributed by atoms with Crippen LogP contribution in [0.5, 0.6) is 0 Å². The average molecular weight is 339 g/mol. The molecule has 6 heteroatoms. The molecule has 25 heavy (non-hydrogen) atoms. The van der Waals surface area contributed by atoms with Crippen LogP contribution in [-0.4, -0.2) is 44.1 Å². The van der Waals surface area contributed by atoms with Crippen molar-refractivity contribution in [2.75, 3.05) is 32.6 Å². The molecule has 0 aromatic heterocycles. The first-order valence-electron chi connectivity index (χ1n) is 8.04. The van der Waals surface area contributed by atoms with Gasteiger partial charge in [-0.15, -0.1) is 0 Å². The molecule has 0 aliphatic carbocycles. The van der Waals surface area contributed by atoms with Crippen molar-refractivity contribution < 1.29 is 14.3 Å². The molecule has 2 N–H and O–H groups in total. The Bertz CT molecular complexity index is 770. The average Bonchev–Trinajstić information content (AvgIpc) is 2.59. The summed E-state index contributed by atoms with van der Waals surface area (Å²) in [6, 6.07) is 16.4. The summed E-state index contributed by atoms with van der Waals surface area (Å²) < 4.78 is 5.35. The van der Waals surface area contributed by atoms with Crippen LogP contribution in [0.3, 0.4) is 0 Å². The zero-order chi connectivity index (χ0) is 17.9. The van der Waals surface area contributed by atoms with Crippen molar-refractivity contribution in [2.24, 2.45) is 0 Å². The van der Waals surface area contributed by atoms with Gasteiger partial charge in [-0.2, -0.15) is 0 Å². The molecule has 1 heterocycles.